The third-order valence-electron chi connectivity index (χ3n) is 3.98. The molecule has 104 valence electrons. The maximum absolute atomic E-state index is 5.24. The second-order valence-electron chi connectivity index (χ2n) is 5.19. The SMILES string of the molecule is COc1ccc(N2CCCC[C@H]2c2cccnc2)cc1. The maximum Gasteiger partial charge on any atom is 0.119 e. The fraction of sp³-hybridized carbons (Fsp3) is 0.353. The summed E-state index contributed by atoms with van der Waals surface area (Å²) in [5.41, 5.74) is 2.57. The van der Waals surface area contributed by atoms with Gasteiger partial charge in [0.2, 0.25) is 0 Å². The van der Waals surface area contributed by atoms with Crippen LogP contribution in [0.15, 0.2) is 48.8 Å². The summed E-state index contributed by atoms with van der Waals surface area (Å²) < 4.78 is 5.24. The average Bonchev–Trinajstić information content (AvgIpc) is 2.56. The van der Waals surface area contributed by atoms with Crippen molar-refractivity contribution in [3.63, 3.8) is 0 Å². The smallest absolute Gasteiger partial charge is 0.119 e. The first-order valence-electron chi connectivity index (χ1n) is 7.19. The lowest BCUT2D eigenvalue weighted by Crippen LogP contribution is -2.33. The molecule has 0 N–H and O–H groups in total. The van der Waals surface area contributed by atoms with Gasteiger partial charge in [0.05, 0.1) is 13.2 Å². The summed E-state index contributed by atoms with van der Waals surface area (Å²) in [6.45, 7) is 1.10. The van der Waals surface area contributed by atoms with Crippen molar-refractivity contribution in [1.29, 1.82) is 0 Å². The van der Waals surface area contributed by atoms with Crippen molar-refractivity contribution < 1.29 is 4.74 Å². The van der Waals surface area contributed by atoms with E-state index in [1.807, 2.05) is 30.6 Å². The normalized spacial score (nSPS) is 18.9. The molecule has 3 heteroatoms. The number of methoxy groups -OCH3 is 1. The molecule has 1 aromatic heterocycles. The Labute approximate surface area is 120 Å². The molecule has 1 aromatic carbocycles. The van der Waals surface area contributed by atoms with Gasteiger partial charge in [-0.3, -0.25) is 4.98 Å². The summed E-state index contributed by atoms with van der Waals surface area (Å²) in [6.07, 6.45) is 7.56. The van der Waals surface area contributed by atoms with Crippen LogP contribution < -0.4 is 9.64 Å². The summed E-state index contributed by atoms with van der Waals surface area (Å²) in [6, 6.07) is 13.0. The number of hydrogen-bond acceptors (Lipinski definition) is 3. The first kappa shape index (κ1) is 13.0. The van der Waals surface area contributed by atoms with Gasteiger partial charge in [0.15, 0.2) is 0 Å². The van der Waals surface area contributed by atoms with Gasteiger partial charge in [-0.05, 0) is 55.2 Å². The minimum absolute atomic E-state index is 0.436. The van der Waals surface area contributed by atoms with Crippen molar-refractivity contribution in [3.8, 4) is 5.75 Å². The van der Waals surface area contributed by atoms with Crippen LogP contribution >= 0.6 is 0 Å². The Balaban J connectivity index is 1.88. The second kappa shape index (κ2) is 5.95. The average molecular weight is 268 g/mol. The summed E-state index contributed by atoms with van der Waals surface area (Å²) in [4.78, 5) is 6.75. The van der Waals surface area contributed by atoms with Crippen molar-refractivity contribution in [2.45, 2.75) is 25.3 Å². The molecule has 0 bridgehead atoms. The van der Waals surface area contributed by atoms with E-state index < -0.39 is 0 Å². The van der Waals surface area contributed by atoms with Crippen LogP contribution in [0.4, 0.5) is 5.69 Å². The largest absolute Gasteiger partial charge is 0.497 e. The number of anilines is 1. The molecule has 2 heterocycles. The molecule has 0 amide bonds. The highest BCUT2D eigenvalue weighted by Crippen LogP contribution is 2.35. The monoisotopic (exact) mass is 268 g/mol. The second-order valence-corrected chi connectivity index (χ2v) is 5.19. The molecule has 0 radical (unpaired) electrons. The zero-order chi connectivity index (χ0) is 13.8. The Morgan fingerprint density at radius 2 is 2.00 bits per heavy atom. The standard InChI is InChI=1S/C17H20N2O/c1-20-16-9-7-15(8-10-16)19-12-3-2-6-17(19)14-5-4-11-18-13-14/h4-5,7-11,13,17H,2-3,6,12H2,1H3/t17-/m0/s1. The van der Waals surface area contributed by atoms with Crippen molar-refractivity contribution >= 4 is 5.69 Å². The lowest BCUT2D eigenvalue weighted by molar-refractivity contribution is 0.414. The molecular weight excluding hydrogens is 248 g/mol. The molecule has 2 aromatic rings. The van der Waals surface area contributed by atoms with Crippen LogP contribution in [0.2, 0.25) is 0 Å². The van der Waals surface area contributed by atoms with E-state index in [1.165, 1.54) is 30.5 Å². The van der Waals surface area contributed by atoms with Crippen LogP contribution in [0.1, 0.15) is 30.9 Å². The fourth-order valence-corrected chi connectivity index (χ4v) is 2.93. The zero-order valence-corrected chi connectivity index (χ0v) is 11.8. The molecule has 0 aliphatic carbocycles. The fourth-order valence-electron chi connectivity index (χ4n) is 2.93. The van der Waals surface area contributed by atoms with Gasteiger partial charge >= 0.3 is 0 Å². The molecule has 0 saturated carbocycles. The summed E-state index contributed by atoms with van der Waals surface area (Å²) in [7, 11) is 1.70. The quantitative estimate of drug-likeness (QED) is 0.846. The highest BCUT2D eigenvalue weighted by molar-refractivity contribution is 5.51. The Hall–Kier alpha value is -2.03. The van der Waals surface area contributed by atoms with E-state index >= 15 is 0 Å². The molecule has 1 fully saturated rings. The first-order valence-corrected chi connectivity index (χ1v) is 7.19. The number of pyridine rings is 1. The van der Waals surface area contributed by atoms with Gasteiger partial charge in [0, 0.05) is 24.6 Å². The summed E-state index contributed by atoms with van der Waals surface area (Å²) in [5.74, 6) is 0.906. The predicted molar refractivity (Wildman–Crippen MR) is 81.2 cm³/mol. The van der Waals surface area contributed by atoms with Gasteiger partial charge < -0.3 is 9.64 Å². The molecule has 0 unspecified atom stereocenters. The number of aromatic nitrogens is 1. The lowest BCUT2D eigenvalue weighted by Gasteiger charge is -2.37. The van der Waals surface area contributed by atoms with Crippen molar-refractivity contribution in [1.82, 2.24) is 4.98 Å². The van der Waals surface area contributed by atoms with Crippen molar-refractivity contribution in [2.75, 3.05) is 18.6 Å². The van der Waals surface area contributed by atoms with Gasteiger partial charge in [0.25, 0.3) is 0 Å². The summed E-state index contributed by atoms with van der Waals surface area (Å²) >= 11 is 0. The molecule has 20 heavy (non-hydrogen) atoms. The van der Waals surface area contributed by atoms with Crippen LogP contribution in [-0.2, 0) is 0 Å². The number of rotatable bonds is 3. The number of hydrogen-bond donors (Lipinski definition) is 0. The number of nitrogens with zero attached hydrogens (tertiary/aromatic N) is 2. The van der Waals surface area contributed by atoms with Crippen LogP contribution in [0.3, 0.4) is 0 Å². The summed E-state index contributed by atoms with van der Waals surface area (Å²) in [5, 5.41) is 0. The Bertz CT molecular complexity index is 539. The van der Waals surface area contributed by atoms with E-state index in [9.17, 15) is 0 Å². The van der Waals surface area contributed by atoms with E-state index in [1.54, 1.807) is 7.11 Å². The number of benzene rings is 1. The Kier molecular flexibility index (Phi) is 3.86. The van der Waals surface area contributed by atoms with E-state index in [4.69, 9.17) is 4.74 Å². The van der Waals surface area contributed by atoms with Gasteiger partial charge in [-0.15, -0.1) is 0 Å². The Morgan fingerprint density at radius 3 is 2.70 bits per heavy atom. The van der Waals surface area contributed by atoms with Crippen LogP contribution in [-0.4, -0.2) is 18.6 Å². The molecule has 1 saturated heterocycles. The molecule has 3 nitrogen and oxygen atoms in total. The minimum Gasteiger partial charge on any atom is -0.497 e. The molecule has 1 aliphatic rings. The molecule has 3 rings (SSSR count). The van der Waals surface area contributed by atoms with E-state index in [-0.39, 0.29) is 0 Å². The maximum atomic E-state index is 5.24. The third-order valence-corrected chi connectivity index (χ3v) is 3.98. The molecule has 0 spiro atoms. The van der Waals surface area contributed by atoms with Crippen LogP contribution in [0.25, 0.3) is 0 Å². The van der Waals surface area contributed by atoms with Gasteiger partial charge in [-0.1, -0.05) is 6.07 Å². The molecule has 1 aliphatic heterocycles. The zero-order valence-electron chi connectivity index (χ0n) is 11.8. The molecular formula is C17H20N2O. The highest BCUT2D eigenvalue weighted by atomic mass is 16.5. The highest BCUT2D eigenvalue weighted by Gasteiger charge is 2.24. The van der Waals surface area contributed by atoms with Gasteiger partial charge in [0.1, 0.15) is 5.75 Å². The van der Waals surface area contributed by atoms with Gasteiger partial charge in [-0.25, -0.2) is 0 Å². The van der Waals surface area contributed by atoms with Crippen molar-refractivity contribution in [3.05, 3.63) is 54.4 Å². The van der Waals surface area contributed by atoms with Crippen molar-refractivity contribution in [2.24, 2.45) is 0 Å². The third kappa shape index (κ3) is 2.62. The lowest BCUT2D eigenvalue weighted by atomic mass is 9.95. The van der Waals surface area contributed by atoms with Crippen LogP contribution in [0.5, 0.6) is 5.75 Å². The van der Waals surface area contributed by atoms with Crippen LogP contribution in [0, 0.1) is 0 Å². The Morgan fingerprint density at radius 1 is 1.15 bits per heavy atom. The van der Waals surface area contributed by atoms with E-state index in [0.717, 1.165) is 12.3 Å². The van der Waals surface area contributed by atoms with Gasteiger partial charge in [-0.2, -0.15) is 0 Å². The van der Waals surface area contributed by atoms with E-state index in [2.05, 4.69) is 28.1 Å². The first-order chi connectivity index (χ1) is 9.88. The molecule has 1 atom stereocenters. The predicted octanol–water partition coefficient (Wildman–Crippen LogP) is 3.82. The number of piperidine rings is 1. The topological polar surface area (TPSA) is 25.4 Å². The van der Waals surface area contributed by atoms with E-state index in [0.29, 0.717) is 6.04 Å². The number of ether oxygens (including phenoxy) is 1. The minimum atomic E-state index is 0.436.